The van der Waals surface area contributed by atoms with Gasteiger partial charge in [0.2, 0.25) is 0 Å². The highest BCUT2D eigenvalue weighted by atomic mass is 19.4. The lowest BCUT2D eigenvalue weighted by Crippen LogP contribution is -2.09. The molecule has 2 heterocycles. The molecular weight excluding hydrogens is 271 g/mol. The molecule has 0 amide bonds. The number of carbonyl (C=O) groups excluding carboxylic acids is 1. The van der Waals surface area contributed by atoms with Crippen LogP contribution in [0.25, 0.3) is 11.3 Å². The smallest absolute Gasteiger partial charge is 0.397 e. The lowest BCUT2D eigenvalue weighted by Gasteiger charge is -2.12. The molecule has 0 saturated heterocycles. The van der Waals surface area contributed by atoms with E-state index in [2.05, 4.69) is 9.97 Å². The summed E-state index contributed by atoms with van der Waals surface area (Å²) in [5.41, 5.74) is 4.64. The number of nitrogens with zero attached hydrogens (tertiary/aromatic N) is 2. The predicted octanol–water partition coefficient (Wildman–Crippen LogP) is 2.95. The van der Waals surface area contributed by atoms with Crippen LogP contribution in [0.5, 0.6) is 0 Å². The largest absolute Gasteiger partial charge is 0.418 e. The summed E-state index contributed by atoms with van der Waals surface area (Å²) in [7, 11) is 0. The van der Waals surface area contributed by atoms with E-state index in [1.165, 1.54) is 25.3 Å². The Labute approximate surface area is 112 Å². The molecule has 0 aliphatic carbocycles. The molecule has 0 spiro atoms. The minimum atomic E-state index is -4.53. The molecule has 0 saturated carbocycles. The maximum Gasteiger partial charge on any atom is 0.418 e. The van der Waals surface area contributed by atoms with Gasteiger partial charge in [0.05, 0.1) is 16.9 Å². The molecule has 0 aromatic carbocycles. The van der Waals surface area contributed by atoms with E-state index in [0.29, 0.717) is 0 Å². The number of hydrogen-bond donors (Lipinski definition) is 1. The molecule has 2 aromatic heterocycles. The molecule has 0 aliphatic heterocycles. The normalized spacial score (nSPS) is 11.4. The van der Waals surface area contributed by atoms with Gasteiger partial charge in [0.1, 0.15) is 5.69 Å². The Hall–Kier alpha value is -2.44. The van der Waals surface area contributed by atoms with E-state index in [0.717, 1.165) is 12.3 Å². The van der Waals surface area contributed by atoms with Crippen molar-refractivity contribution >= 4 is 11.5 Å². The number of nitrogens with two attached hydrogens (primary N) is 1. The lowest BCUT2D eigenvalue weighted by molar-refractivity contribution is -0.137. The molecule has 0 radical (unpaired) electrons. The van der Waals surface area contributed by atoms with Crippen LogP contribution >= 0.6 is 0 Å². The van der Waals surface area contributed by atoms with Crippen molar-refractivity contribution in [3.05, 3.63) is 41.9 Å². The molecule has 20 heavy (non-hydrogen) atoms. The number of anilines is 1. The first-order valence-electron chi connectivity index (χ1n) is 5.59. The summed E-state index contributed by atoms with van der Waals surface area (Å²) in [6, 6.07) is 3.39. The van der Waals surface area contributed by atoms with Gasteiger partial charge in [0, 0.05) is 24.9 Å². The van der Waals surface area contributed by atoms with Gasteiger partial charge < -0.3 is 5.73 Å². The number of nitrogen functional groups attached to an aromatic ring is 1. The summed E-state index contributed by atoms with van der Waals surface area (Å²) in [6.07, 6.45) is -2.12. The SMILES string of the molecule is CC(=O)c1ncc(-c2ncccc2C(F)(F)F)cc1N. The van der Waals surface area contributed by atoms with Crippen LogP contribution < -0.4 is 5.73 Å². The molecular formula is C13H10F3N3O. The molecule has 2 rings (SSSR count). The van der Waals surface area contributed by atoms with Crippen molar-refractivity contribution in [1.82, 2.24) is 9.97 Å². The monoisotopic (exact) mass is 281 g/mol. The Morgan fingerprint density at radius 2 is 2.00 bits per heavy atom. The first-order valence-corrected chi connectivity index (χ1v) is 5.59. The number of alkyl halides is 3. The summed E-state index contributed by atoms with van der Waals surface area (Å²) in [4.78, 5) is 18.7. The van der Waals surface area contributed by atoms with Crippen molar-refractivity contribution < 1.29 is 18.0 Å². The highest BCUT2D eigenvalue weighted by Crippen LogP contribution is 2.35. The molecule has 0 unspecified atom stereocenters. The third-order valence-corrected chi connectivity index (χ3v) is 2.64. The highest BCUT2D eigenvalue weighted by Gasteiger charge is 2.34. The zero-order valence-electron chi connectivity index (χ0n) is 10.4. The van der Waals surface area contributed by atoms with E-state index in [1.54, 1.807) is 0 Å². The summed E-state index contributed by atoms with van der Waals surface area (Å²) < 4.78 is 38.7. The Balaban J connectivity index is 2.59. The highest BCUT2D eigenvalue weighted by molar-refractivity contribution is 5.97. The molecule has 7 heteroatoms. The summed E-state index contributed by atoms with van der Waals surface area (Å²) in [6.45, 7) is 1.28. The van der Waals surface area contributed by atoms with Crippen molar-refractivity contribution in [2.75, 3.05) is 5.73 Å². The van der Waals surface area contributed by atoms with Gasteiger partial charge in [0.25, 0.3) is 0 Å². The average Bonchev–Trinajstić information content (AvgIpc) is 2.37. The fourth-order valence-electron chi connectivity index (χ4n) is 1.77. The molecule has 0 bridgehead atoms. The first-order chi connectivity index (χ1) is 9.30. The van der Waals surface area contributed by atoms with Crippen molar-refractivity contribution in [2.45, 2.75) is 13.1 Å². The van der Waals surface area contributed by atoms with Gasteiger partial charge in [-0.05, 0) is 18.2 Å². The summed E-state index contributed by atoms with van der Waals surface area (Å²) in [5, 5.41) is 0. The zero-order chi connectivity index (χ0) is 14.9. The van der Waals surface area contributed by atoms with Crippen LogP contribution in [0.2, 0.25) is 0 Å². The first kappa shape index (κ1) is 14.0. The number of pyridine rings is 2. The number of carbonyl (C=O) groups is 1. The van der Waals surface area contributed by atoms with Crippen LogP contribution in [0.1, 0.15) is 23.0 Å². The summed E-state index contributed by atoms with van der Waals surface area (Å²) >= 11 is 0. The number of rotatable bonds is 2. The summed E-state index contributed by atoms with van der Waals surface area (Å²) in [5.74, 6) is -0.355. The van der Waals surface area contributed by atoms with Gasteiger partial charge in [-0.15, -0.1) is 0 Å². The van der Waals surface area contributed by atoms with Crippen LogP contribution in [-0.2, 0) is 6.18 Å². The maximum atomic E-state index is 12.9. The zero-order valence-corrected chi connectivity index (χ0v) is 10.4. The van der Waals surface area contributed by atoms with Gasteiger partial charge >= 0.3 is 6.18 Å². The number of Topliss-reactive ketones (excluding diaryl/α,β-unsaturated/α-hetero) is 1. The van der Waals surface area contributed by atoms with Crippen LogP contribution in [-0.4, -0.2) is 15.8 Å². The lowest BCUT2D eigenvalue weighted by atomic mass is 10.1. The third-order valence-electron chi connectivity index (χ3n) is 2.64. The van der Waals surface area contributed by atoms with Crippen LogP contribution in [0.4, 0.5) is 18.9 Å². The molecule has 104 valence electrons. The van der Waals surface area contributed by atoms with Crippen LogP contribution in [0.15, 0.2) is 30.6 Å². The van der Waals surface area contributed by atoms with Gasteiger partial charge in [-0.2, -0.15) is 13.2 Å². The number of hydrogen-bond acceptors (Lipinski definition) is 4. The molecule has 0 atom stereocenters. The topological polar surface area (TPSA) is 68.9 Å². The van der Waals surface area contributed by atoms with Crippen molar-refractivity contribution in [2.24, 2.45) is 0 Å². The Kier molecular flexibility index (Phi) is 3.44. The Bertz CT molecular complexity index is 668. The number of ketones is 1. The van der Waals surface area contributed by atoms with Crippen molar-refractivity contribution in [1.29, 1.82) is 0 Å². The average molecular weight is 281 g/mol. The van der Waals surface area contributed by atoms with Gasteiger partial charge in [-0.1, -0.05) is 0 Å². The Morgan fingerprint density at radius 3 is 2.55 bits per heavy atom. The van der Waals surface area contributed by atoms with E-state index in [4.69, 9.17) is 5.73 Å². The van der Waals surface area contributed by atoms with Crippen LogP contribution in [0, 0.1) is 0 Å². The van der Waals surface area contributed by atoms with Gasteiger partial charge in [-0.3, -0.25) is 14.8 Å². The molecule has 0 fully saturated rings. The fourth-order valence-corrected chi connectivity index (χ4v) is 1.77. The van der Waals surface area contributed by atoms with E-state index in [9.17, 15) is 18.0 Å². The van der Waals surface area contributed by atoms with E-state index in [-0.39, 0.29) is 28.4 Å². The van der Waals surface area contributed by atoms with E-state index < -0.39 is 11.7 Å². The number of aromatic nitrogens is 2. The fraction of sp³-hybridized carbons (Fsp3) is 0.154. The standard InChI is InChI=1S/C13H10F3N3O/c1-7(20)11-10(17)5-8(6-19-11)12-9(13(14,15)16)3-2-4-18-12/h2-6H,17H2,1H3. The molecule has 0 aliphatic rings. The molecule has 4 nitrogen and oxygen atoms in total. The second kappa shape index (κ2) is 4.92. The van der Waals surface area contributed by atoms with Crippen LogP contribution in [0.3, 0.4) is 0 Å². The minimum absolute atomic E-state index is 0.0220. The third kappa shape index (κ3) is 2.61. The maximum absolute atomic E-state index is 12.9. The second-order valence-corrected chi connectivity index (χ2v) is 4.12. The second-order valence-electron chi connectivity index (χ2n) is 4.12. The minimum Gasteiger partial charge on any atom is -0.397 e. The van der Waals surface area contributed by atoms with Crippen molar-refractivity contribution in [3.8, 4) is 11.3 Å². The molecule has 2 N–H and O–H groups in total. The van der Waals surface area contributed by atoms with E-state index in [1.807, 2.05) is 0 Å². The Morgan fingerprint density at radius 1 is 1.30 bits per heavy atom. The molecule has 2 aromatic rings. The quantitative estimate of drug-likeness (QED) is 0.859. The van der Waals surface area contributed by atoms with E-state index >= 15 is 0 Å². The van der Waals surface area contributed by atoms with Crippen molar-refractivity contribution in [3.63, 3.8) is 0 Å². The predicted molar refractivity (Wildman–Crippen MR) is 66.9 cm³/mol. The van der Waals surface area contributed by atoms with Gasteiger partial charge in [-0.25, -0.2) is 0 Å². The number of halogens is 3. The van der Waals surface area contributed by atoms with Gasteiger partial charge in [0.15, 0.2) is 5.78 Å².